The first kappa shape index (κ1) is 14.0. The van der Waals surface area contributed by atoms with Crippen molar-refractivity contribution < 1.29 is 13.7 Å². The Morgan fingerprint density at radius 3 is 2.13 bits per heavy atom. The Hall–Kier alpha value is 0.960. The van der Waals surface area contributed by atoms with Crippen molar-refractivity contribution in [1.29, 1.82) is 0 Å². The molecule has 0 heterocycles. The third-order valence-corrected chi connectivity index (χ3v) is 3.65. The molecule has 0 radical (unpaired) electrons. The molecule has 3 nitrogen and oxygen atoms in total. The van der Waals surface area contributed by atoms with Crippen molar-refractivity contribution in [2.24, 2.45) is 0 Å². The lowest BCUT2D eigenvalue weighted by molar-refractivity contribution is -0.253. The molecule has 0 atom stereocenters. The quantitative estimate of drug-likeness (QED) is 0.416. The molecule has 5 heteroatoms. The molecule has 0 spiro atoms. The van der Waals surface area contributed by atoms with Gasteiger partial charge in [-0.2, -0.15) is 0 Å². The average molecular weight is 346 g/mol. The molecule has 0 aliphatic heterocycles. The second-order valence-electron chi connectivity index (χ2n) is 3.64. The van der Waals surface area contributed by atoms with E-state index in [2.05, 4.69) is 21.2 Å². The maximum absolute atomic E-state index is 5.75. The molecule has 1 saturated carbocycles. The summed E-state index contributed by atoms with van der Waals surface area (Å²) in [4.78, 5) is 0. The fraction of sp³-hybridized carbons (Fsp3) is 1.00. The molecular formula is C10H19IO3S. The van der Waals surface area contributed by atoms with Crippen LogP contribution in [0.15, 0.2) is 0 Å². The highest BCUT2D eigenvalue weighted by Crippen LogP contribution is 2.36. The van der Waals surface area contributed by atoms with E-state index in [-0.39, 0.29) is 5.79 Å². The van der Waals surface area contributed by atoms with Crippen LogP contribution in [-0.4, -0.2) is 25.1 Å². The van der Waals surface area contributed by atoms with Gasteiger partial charge in [0.15, 0.2) is 5.79 Å². The van der Waals surface area contributed by atoms with Gasteiger partial charge in [-0.25, -0.2) is 0 Å². The van der Waals surface area contributed by atoms with Gasteiger partial charge in [0.05, 0.1) is 15.3 Å². The van der Waals surface area contributed by atoms with Gasteiger partial charge in [-0.15, -0.1) is 0 Å². The van der Waals surface area contributed by atoms with Crippen LogP contribution in [-0.2, 0) is 13.7 Å². The number of ether oxygens (including phenoxy) is 2. The lowest BCUT2D eigenvalue weighted by Crippen LogP contribution is -2.41. The summed E-state index contributed by atoms with van der Waals surface area (Å²) in [6, 6.07) is 0. The molecule has 0 saturated heterocycles. The fourth-order valence-electron chi connectivity index (χ4n) is 2.04. The van der Waals surface area contributed by atoms with Gasteiger partial charge in [-0.1, -0.05) is 0 Å². The Kier molecular flexibility index (Phi) is 6.84. The zero-order chi connectivity index (χ0) is 11.1. The summed E-state index contributed by atoms with van der Waals surface area (Å²) in [6.45, 7) is 5.47. The summed E-state index contributed by atoms with van der Waals surface area (Å²) in [6.07, 6.45) is 4.29. The third kappa shape index (κ3) is 4.38. The van der Waals surface area contributed by atoms with Crippen molar-refractivity contribution in [3.05, 3.63) is 0 Å². The predicted molar refractivity (Wildman–Crippen MR) is 70.9 cm³/mol. The zero-order valence-corrected chi connectivity index (χ0v) is 12.3. The second-order valence-corrected chi connectivity index (χ2v) is 5.03. The van der Waals surface area contributed by atoms with E-state index in [9.17, 15) is 0 Å². The normalized spacial score (nSPS) is 21.8. The van der Waals surface area contributed by atoms with Crippen LogP contribution in [0.4, 0.5) is 0 Å². The van der Waals surface area contributed by atoms with E-state index in [0.717, 1.165) is 25.7 Å². The average Bonchev–Trinajstić information content (AvgIpc) is 2.23. The highest BCUT2D eigenvalue weighted by atomic mass is 127. The summed E-state index contributed by atoms with van der Waals surface area (Å²) in [5, 5.41) is 0. The van der Waals surface area contributed by atoms with E-state index >= 15 is 0 Å². The predicted octanol–water partition coefficient (Wildman–Crippen LogP) is 3.71. The van der Waals surface area contributed by atoms with E-state index in [1.54, 1.807) is 0 Å². The van der Waals surface area contributed by atoms with Gasteiger partial charge in [0.25, 0.3) is 0 Å². The van der Waals surface area contributed by atoms with Crippen LogP contribution >= 0.6 is 30.4 Å². The van der Waals surface area contributed by atoms with Gasteiger partial charge in [-0.3, -0.25) is 0 Å². The number of halogens is 1. The second kappa shape index (κ2) is 7.32. The molecule has 90 valence electrons. The standard InChI is InChI=1S/C10H19IO3S/c1-3-12-10(13-4-2)7-5-9(6-8-10)14-15-11/h9H,3-8H2,1-2H3. The van der Waals surface area contributed by atoms with Crippen molar-refractivity contribution in [2.45, 2.75) is 51.4 Å². The molecule has 0 aromatic rings. The molecule has 1 fully saturated rings. The van der Waals surface area contributed by atoms with Crippen LogP contribution in [0.3, 0.4) is 0 Å². The summed E-state index contributed by atoms with van der Waals surface area (Å²) >= 11 is 2.16. The van der Waals surface area contributed by atoms with Crippen LogP contribution in [0.5, 0.6) is 0 Å². The largest absolute Gasteiger partial charge is 0.350 e. The topological polar surface area (TPSA) is 27.7 Å². The summed E-state index contributed by atoms with van der Waals surface area (Å²) in [7, 11) is 1.42. The molecule has 15 heavy (non-hydrogen) atoms. The first-order valence-corrected chi connectivity index (χ1v) is 8.76. The molecule has 1 aliphatic carbocycles. The molecule has 0 aromatic carbocycles. The van der Waals surface area contributed by atoms with Gasteiger partial charge in [0.1, 0.15) is 0 Å². The third-order valence-electron chi connectivity index (χ3n) is 2.68. The van der Waals surface area contributed by atoms with Crippen LogP contribution in [0.25, 0.3) is 0 Å². The number of hydrogen-bond acceptors (Lipinski definition) is 4. The Labute approximate surface area is 108 Å². The molecule has 0 unspecified atom stereocenters. The van der Waals surface area contributed by atoms with Crippen LogP contribution in [0.2, 0.25) is 0 Å². The maximum atomic E-state index is 5.75. The Bertz CT molecular complexity index is 164. The Morgan fingerprint density at radius 1 is 1.20 bits per heavy atom. The molecule has 1 aliphatic rings. The first-order valence-electron chi connectivity index (χ1n) is 5.48. The van der Waals surface area contributed by atoms with E-state index in [4.69, 9.17) is 13.7 Å². The number of hydrogen-bond donors (Lipinski definition) is 0. The lowest BCUT2D eigenvalue weighted by Gasteiger charge is -2.38. The van der Waals surface area contributed by atoms with Gasteiger partial charge >= 0.3 is 0 Å². The molecular weight excluding hydrogens is 327 g/mol. The van der Waals surface area contributed by atoms with Gasteiger partial charge in [-0.05, 0) is 26.7 Å². The van der Waals surface area contributed by atoms with Gasteiger partial charge in [0.2, 0.25) is 0 Å². The van der Waals surface area contributed by atoms with E-state index < -0.39 is 0 Å². The Morgan fingerprint density at radius 2 is 1.73 bits per heavy atom. The van der Waals surface area contributed by atoms with E-state index in [0.29, 0.717) is 19.3 Å². The molecule has 1 rings (SSSR count). The van der Waals surface area contributed by atoms with Gasteiger partial charge < -0.3 is 13.7 Å². The van der Waals surface area contributed by atoms with Crippen molar-refractivity contribution in [2.75, 3.05) is 13.2 Å². The minimum atomic E-state index is -0.334. The van der Waals surface area contributed by atoms with E-state index in [1.165, 1.54) is 9.21 Å². The van der Waals surface area contributed by atoms with Crippen molar-refractivity contribution >= 4 is 30.4 Å². The van der Waals surface area contributed by atoms with Crippen molar-refractivity contribution in [1.82, 2.24) is 0 Å². The van der Waals surface area contributed by atoms with Crippen LogP contribution in [0, 0.1) is 0 Å². The minimum absolute atomic E-state index is 0.334. The molecule has 0 aromatic heterocycles. The Balaban J connectivity index is 2.41. The summed E-state index contributed by atoms with van der Waals surface area (Å²) in [5.41, 5.74) is 0. The van der Waals surface area contributed by atoms with Crippen molar-refractivity contribution in [3.63, 3.8) is 0 Å². The highest BCUT2D eigenvalue weighted by molar-refractivity contribution is 14.2. The first-order chi connectivity index (χ1) is 7.26. The van der Waals surface area contributed by atoms with E-state index in [1.807, 2.05) is 13.8 Å². The number of rotatable bonds is 6. The summed E-state index contributed by atoms with van der Waals surface area (Å²) < 4.78 is 17.0. The van der Waals surface area contributed by atoms with Gasteiger partial charge in [0, 0.05) is 47.3 Å². The monoisotopic (exact) mass is 346 g/mol. The molecule has 0 amide bonds. The summed E-state index contributed by atoms with van der Waals surface area (Å²) in [5.74, 6) is -0.334. The zero-order valence-electron chi connectivity index (χ0n) is 9.33. The fourth-order valence-corrected chi connectivity index (χ4v) is 3.21. The highest BCUT2D eigenvalue weighted by Gasteiger charge is 2.37. The molecule has 0 N–H and O–H groups in total. The lowest BCUT2D eigenvalue weighted by atomic mass is 9.92. The minimum Gasteiger partial charge on any atom is -0.350 e. The SMILES string of the molecule is CCOC1(OCC)CCC(OSI)CC1. The van der Waals surface area contributed by atoms with Crippen molar-refractivity contribution in [3.8, 4) is 0 Å². The van der Waals surface area contributed by atoms with Crippen LogP contribution in [0.1, 0.15) is 39.5 Å². The smallest absolute Gasteiger partial charge is 0.168 e. The molecule has 0 bridgehead atoms. The van der Waals surface area contributed by atoms with Crippen LogP contribution < -0.4 is 0 Å². The maximum Gasteiger partial charge on any atom is 0.168 e.